The van der Waals surface area contributed by atoms with Gasteiger partial charge in [0.05, 0.1) is 12.3 Å². The number of carbonyl (C=O) groups is 2. The van der Waals surface area contributed by atoms with Gasteiger partial charge in [0.1, 0.15) is 11.5 Å². The largest absolute Gasteiger partial charge is 0.494 e. The van der Waals surface area contributed by atoms with Crippen molar-refractivity contribution in [3.05, 3.63) is 82.3 Å². The Morgan fingerprint density at radius 3 is 2.59 bits per heavy atom. The lowest BCUT2D eigenvalue weighted by atomic mass is 10.1. The first-order valence-corrected chi connectivity index (χ1v) is 11.1. The van der Waals surface area contributed by atoms with Crippen molar-refractivity contribution < 1.29 is 19.1 Å². The lowest BCUT2D eigenvalue weighted by Gasteiger charge is -2.30. The monoisotopic (exact) mass is 494 g/mol. The molecule has 3 aromatic carbocycles. The number of halogens is 1. The Morgan fingerprint density at radius 1 is 1.09 bits per heavy atom. The summed E-state index contributed by atoms with van der Waals surface area (Å²) in [5, 5.41) is 2.88. The van der Waals surface area contributed by atoms with Gasteiger partial charge in [-0.1, -0.05) is 33.6 Å². The smallest absolute Gasteiger partial charge is 0.265 e. The lowest BCUT2D eigenvalue weighted by molar-refractivity contribution is -0.121. The molecule has 6 nitrogen and oxygen atoms in total. The molecule has 3 aromatic rings. The highest BCUT2D eigenvalue weighted by Crippen LogP contribution is 2.35. The maximum absolute atomic E-state index is 12.6. The maximum atomic E-state index is 12.6. The molecule has 7 heteroatoms. The van der Waals surface area contributed by atoms with Crippen molar-refractivity contribution in [2.75, 3.05) is 30.0 Å². The number of ether oxygens (including phenoxy) is 2. The predicted molar refractivity (Wildman–Crippen MR) is 128 cm³/mol. The predicted octanol–water partition coefficient (Wildman–Crippen LogP) is 5.20. The van der Waals surface area contributed by atoms with Crippen LogP contribution in [0.1, 0.15) is 22.3 Å². The van der Waals surface area contributed by atoms with Crippen LogP contribution in [0.25, 0.3) is 0 Å². The van der Waals surface area contributed by atoms with Crippen LogP contribution < -0.4 is 19.7 Å². The zero-order chi connectivity index (χ0) is 22.5. The first-order chi connectivity index (χ1) is 15.5. The van der Waals surface area contributed by atoms with E-state index in [2.05, 4.69) is 21.2 Å². The highest BCUT2D eigenvalue weighted by atomic mass is 79.9. The first-order valence-electron chi connectivity index (χ1n) is 10.3. The third-order valence-corrected chi connectivity index (χ3v) is 5.61. The molecule has 0 bridgehead atoms. The molecule has 1 aliphatic rings. The Labute approximate surface area is 195 Å². The Morgan fingerprint density at radius 2 is 1.84 bits per heavy atom. The zero-order valence-corrected chi connectivity index (χ0v) is 19.2. The van der Waals surface area contributed by atoms with E-state index >= 15 is 0 Å². The normalized spacial score (nSPS) is 12.7. The van der Waals surface area contributed by atoms with Crippen LogP contribution in [0, 0.1) is 6.92 Å². The Bertz CT molecular complexity index is 1110. The van der Waals surface area contributed by atoms with Crippen molar-refractivity contribution in [2.24, 2.45) is 0 Å². The molecule has 0 fully saturated rings. The molecule has 1 heterocycles. The summed E-state index contributed by atoms with van der Waals surface area (Å²) in [6.45, 7) is 3.01. The second kappa shape index (κ2) is 9.87. The van der Waals surface area contributed by atoms with Crippen molar-refractivity contribution in [1.29, 1.82) is 0 Å². The lowest BCUT2D eigenvalue weighted by Crippen LogP contribution is -2.39. The maximum Gasteiger partial charge on any atom is 0.265 e. The number of rotatable bonds is 7. The van der Waals surface area contributed by atoms with Crippen molar-refractivity contribution >= 4 is 39.1 Å². The fraction of sp³-hybridized carbons (Fsp3) is 0.200. The zero-order valence-electron chi connectivity index (χ0n) is 17.6. The van der Waals surface area contributed by atoms with Crippen LogP contribution in [0.2, 0.25) is 0 Å². The fourth-order valence-electron chi connectivity index (χ4n) is 3.38. The molecule has 1 N–H and O–H groups in total. The molecular formula is C25H23BrN2O4. The van der Waals surface area contributed by atoms with Crippen LogP contribution in [0.3, 0.4) is 0 Å². The summed E-state index contributed by atoms with van der Waals surface area (Å²) < 4.78 is 12.3. The third kappa shape index (κ3) is 5.29. The third-order valence-electron chi connectivity index (χ3n) is 5.08. The topological polar surface area (TPSA) is 67.9 Å². The molecule has 4 rings (SSSR count). The van der Waals surface area contributed by atoms with Crippen molar-refractivity contribution in [1.82, 2.24) is 0 Å². The fourth-order valence-corrected chi connectivity index (χ4v) is 3.64. The standard InChI is InChI=1S/C25H23BrN2O4/c1-17-3-10-21(11-4-17)31-14-2-13-28-22-15-20(9-12-23(22)32-16-24(28)29)27-25(30)18-5-7-19(26)8-6-18/h3-12,15H,2,13-14,16H2,1H3,(H,27,30). The van der Waals surface area contributed by atoms with Gasteiger partial charge in [0, 0.05) is 22.3 Å². The van der Waals surface area contributed by atoms with Gasteiger partial charge >= 0.3 is 0 Å². The molecular weight excluding hydrogens is 472 g/mol. The first kappa shape index (κ1) is 21.9. The summed E-state index contributed by atoms with van der Waals surface area (Å²) in [6.07, 6.45) is 0.661. The summed E-state index contributed by atoms with van der Waals surface area (Å²) in [4.78, 5) is 26.8. The van der Waals surface area contributed by atoms with Crippen LogP contribution >= 0.6 is 15.9 Å². The van der Waals surface area contributed by atoms with E-state index in [0.29, 0.717) is 42.3 Å². The van der Waals surface area contributed by atoms with Crippen LogP contribution in [-0.4, -0.2) is 31.6 Å². The number of fused-ring (bicyclic) bond motifs is 1. The molecule has 0 radical (unpaired) electrons. The number of aryl methyl sites for hydroxylation is 1. The summed E-state index contributed by atoms with van der Waals surface area (Å²) in [7, 11) is 0. The molecule has 0 aromatic heterocycles. The van der Waals surface area contributed by atoms with E-state index in [1.165, 1.54) is 5.56 Å². The SMILES string of the molecule is Cc1ccc(OCCCN2C(=O)COc3ccc(NC(=O)c4ccc(Br)cc4)cc32)cc1. The number of hydrogen-bond donors (Lipinski definition) is 1. The summed E-state index contributed by atoms with van der Waals surface area (Å²) in [5.74, 6) is 1.08. The summed E-state index contributed by atoms with van der Waals surface area (Å²) in [6, 6.07) is 20.3. The Kier molecular flexibility index (Phi) is 6.75. The van der Waals surface area contributed by atoms with Crippen molar-refractivity contribution in [3.8, 4) is 11.5 Å². The molecule has 0 spiro atoms. The Hall–Kier alpha value is -3.32. The van der Waals surface area contributed by atoms with Gasteiger partial charge in [-0.25, -0.2) is 0 Å². The average molecular weight is 495 g/mol. The van der Waals surface area contributed by atoms with Gasteiger partial charge < -0.3 is 19.7 Å². The van der Waals surface area contributed by atoms with E-state index in [1.54, 1.807) is 35.2 Å². The van der Waals surface area contributed by atoms with Gasteiger partial charge in [-0.15, -0.1) is 0 Å². The van der Waals surface area contributed by atoms with Crippen LogP contribution in [0.4, 0.5) is 11.4 Å². The molecule has 0 unspecified atom stereocenters. The number of benzene rings is 3. The van der Waals surface area contributed by atoms with Gasteiger partial charge in [-0.05, 0) is 67.9 Å². The number of nitrogens with zero attached hydrogens (tertiary/aromatic N) is 1. The minimum absolute atomic E-state index is 0.00355. The molecule has 0 aliphatic carbocycles. The van der Waals surface area contributed by atoms with Gasteiger partial charge in [0.25, 0.3) is 11.8 Å². The second-order valence-corrected chi connectivity index (χ2v) is 8.41. The average Bonchev–Trinajstić information content (AvgIpc) is 2.79. The second-order valence-electron chi connectivity index (χ2n) is 7.49. The highest BCUT2D eigenvalue weighted by molar-refractivity contribution is 9.10. The highest BCUT2D eigenvalue weighted by Gasteiger charge is 2.25. The van der Waals surface area contributed by atoms with Crippen molar-refractivity contribution in [2.45, 2.75) is 13.3 Å². The summed E-state index contributed by atoms with van der Waals surface area (Å²) >= 11 is 3.36. The molecule has 1 aliphatic heterocycles. The molecule has 32 heavy (non-hydrogen) atoms. The van der Waals surface area contributed by atoms with Crippen molar-refractivity contribution in [3.63, 3.8) is 0 Å². The van der Waals surface area contributed by atoms with Gasteiger partial charge in [-0.3, -0.25) is 9.59 Å². The van der Waals surface area contributed by atoms with E-state index < -0.39 is 0 Å². The Balaban J connectivity index is 1.41. The molecule has 0 saturated heterocycles. The quantitative estimate of drug-likeness (QED) is 0.458. The van der Waals surface area contributed by atoms with Gasteiger partial charge in [0.2, 0.25) is 0 Å². The van der Waals surface area contributed by atoms with E-state index in [4.69, 9.17) is 9.47 Å². The molecule has 164 valence electrons. The number of carbonyl (C=O) groups excluding carboxylic acids is 2. The van der Waals surface area contributed by atoms with Gasteiger partial charge in [-0.2, -0.15) is 0 Å². The number of hydrogen-bond acceptors (Lipinski definition) is 4. The molecule has 0 saturated carbocycles. The molecule has 0 atom stereocenters. The number of amides is 2. The van der Waals surface area contributed by atoms with Crippen LogP contribution in [0.15, 0.2) is 71.2 Å². The van der Waals surface area contributed by atoms with Crippen LogP contribution in [0.5, 0.6) is 11.5 Å². The van der Waals surface area contributed by atoms with Crippen LogP contribution in [-0.2, 0) is 4.79 Å². The van der Waals surface area contributed by atoms with E-state index in [-0.39, 0.29) is 18.4 Å². The minimum atomic E-state index is -0.224. The van der Waals surface area contributed by atoms with E-state index in [0.717, 1.165) is 10.2 Å². The minimum Gasteiger partial charge on any atom is -0.494 e. The van der Waals surface area contributed by atoms with Gasteiger partial charge in [0.15, 0.2) is 6.61 Å². The van der Waals surface area contributed by atoms with E-state index in [1.807, 2.05) is 43.3 Å². The van der Waals surface area contributed by atoms with E-state index in [9.17, 15) is 9.59 Å². The number of anilines is 2. The number of nitrogens with one attached hydrogen (secondary N) is 1. The molecule has 2 amide bonds. The summed E-state index contributed by atoms with van der Waals surface area (Å²) in [5.41, 5.74) is 2.96.